The molecule has 0 aliphatic carbocycles. The summed E-state index contributed by atoms with van der Waals surface area (Å²) in [6.45, 7) is 12.3. The lowest BCUT2D eigenvalue weighted by atomic mass is 10.0. The maximum absolute atomic E-state index is 6.07. The van der Waals surface area contributed by atoms with Crippen molar-refractivity contribution in [1.29, 1.82) is 0 Å². The Bertz CT molecular complexity index is 221. The zero-order valence-electron chi connectivity index (χ0n) is 14.0. The molecule has 120 valence electrons. The Hall–Kier alpha value is -0.120. The molecule has 1 heterocycles. The summed E-state index contributed by atoms with van der Waals surface area (Å²) in [5.74, 6) is 0. The van der Waals surface area contributed by atoms with Crippen molar-refractivity contribution in [3.05, 3.63) is 0 Å². The molecule has 0 spiro atoms. The Morgan fingerprint density at radius 3 is 2.65 bits per heavy atom. The molecule has 0 aromatic rings. The first-order valence-corrected chi connectivity index (χ1v) is 8.89. The number of rotatable bonds is 11. The standard InChI is InChI=1S/C17H36N2O/c1-4-7-8-9-10-16(18-11-5-2)17-15-19(12-6-3)13-14-20-17/h16-18H,4-15H2,1-3H3. The second-order valence-corrected chi connectivity index (χ2v) is 6.12. The first-order valence-electron chi connectivity index (χ1n) is 8.89. The van der Waals surface area contributed by atoms with Crippen molar-refractivity contribution < 1.29 is 4.74 Å². The number of unbranched alkanes of at least 4 members (excludes halogenated alkanes) is 3. The molecule has 1 saturated heterocycles. The van der Waals surface area contributed by atoms with E-state index in [1.807, 2.05) is 0 Å². The smallest absolute Gasteiger partial charge is 0.0855 e. The van der Waals surface area contributed by atoms with Crippen LogP contribution in [0.2, 0.25) is 0 Å². The topological polar surface area (TPSA) is 24.5 Å². The lowest BCUT2D eigenvalue weighted by Gasteiger charge is -2.37. The van der Waals surface area contributed by atoms with Crippen LogP contribution >= 0.6 is 0 Å². The molecular weight excluding hydrogens is 248 g/mol. The molecule has 20 heavy (non-hydrogen) atoms. The number of morpholine rings is 1. The number of ether oxygens (including phenoxy) is 1. The van der Waals surface area contributed by atoms with Gasteiger partial charge in [-0.25, -0.2) is 0 Å². The SMILES string of the molecule is CCCCCCC(NCCC)C1CN(CCC)CCO1. The molecular formula is C17H36N2O. The quantitative estimate of drug-likeness (QED) is 0.588. The van der Waals surface area contributed by atoms with Crippen LogP contribution in [0.5, 0.6) is 0 Å². The first kappa shape index (κ1) is 17.9. The molecule has 1 aliphatic rings. The molecule has 0 amide bonds. The zero-order chi connectivity index (χ0) is 14.6. The van der Waals surface area contributed by atoms with Gasteiger partial charge in [0.25, 0.3) is 0 Å². The Labute approximate surface area is 126 Å². The van der Waals surface area contributed by atoms with Gasteiger partial charge in [0.05, 0.1) is 12.7 Å². The minimum absolute atomic E-state index is 0.392. The van der Waals surface area contributed by atoms with Crippen LogP contribution in [0, 0.1) is 0 Å². The van der Waals surface area contributed by atoms with Gasteiger partial charge in [0.1, 0.15) is 0 Å². The van der Waals surface area contributed by atoms with Gasteiger partial charge in [0.15, 0.2) is 0 Å². The van der Waals surface area contributed by atoms with Crippen LogP contribution in [-0.2, 0) is 4.74 Å². The molecule has 0 aromatic heterocycles. The highest BCUT2D eigenvalue weighted by molar-refractivity contribution is 4.83. The Kier molecular flexibility index (Phi) is 10.3. The van der Waals surface area contributed by atoms with E-state index in [0.29, 0.717) is 12.1 Å². The van der Waals surface area contributed by atoms with E-state index in [1.165, 1.54) is 51.5 Å². The van der Waals surface area contributed by atoms with Crippen LogP contribution in [0.15, 0.2) is 0 Å². The molecule has 2 unspecified atom stereocenters. The number of hydrogen-bond acceptors (Lipinski definition) is 3. The molecule has 0 radical (unpaired) electrons. The fourth-order valence-electron chi connectivity index (χ4n) is 3.03. The summed E-state index contributed by atoms with van der Waals surface area (Å²) in [5.41, 5.74) is 0. The minimum atomic E-state index is 0.392. The van der Waals surface area contributed by atoms with Crippen LogP contribution in [0.4, 0.5) is 0 Å². The second kappa shape index (κ2) is 11.5. The second-order valence-electron chi connectivity index (χ2n) is 6.12. The van der Waals surface area contributed by atoms with E-state index in [4.69, 9.17) is 4.74 Å². The summed E-state index contributed by atoms with van der Waals surface area (Å²) in [4.78, 5) is 2.57. The molecule has 0 saturated carbocycles. The summed E-state index contributed by atoms with van der Waals surface area (Å²) in [6, 6.07) is 0.548. The predicted octanol–water partition coefficient (Wildman–Crippen LogP) is 3.44. The van der Waals surface area contributed by atoms with Gasteiger partial charge in [-0.3, -0.25) is 4.90 Å². The van der Waals surface area contributed by atoms with Crippen molar-refractivity contribution in [2.24, 2.45) is 0 Å². The van der Waals surface area contributed by atoms with Crippen LogP contribution in [-0.4, -0.2) is 49.8 Å². The fourth-order valence-corrected chi connectivity index (χ4v) is 3.03. The molecule has 1 rings (SSSR count). The van der Waals surface area contributed by atoms with E-state index in [0.717, 1.165) is 26.2 Å². The molecule has 3 nitrogen and oxygen atoms in total. The maximum Gasteiger partial charge on any atom is 0.0855 e. The Morgan fingerprint density at radius 1 is 1.10 bits per heavy atom. The van der Waals surface area contributed by atoms with E-state index < -0.39 is 0 Å². The highest BCUT2D eigenvalue weighted by Crippen LogP contribution is 2.15. The lowest BCUT2D eigenvalue weighted by Crippen LogP contribution is -2.52. The van der Waals surface area contributed by atoms with Crippen LogP contribution in [0.1, 0.15) is 65.7 Å². The molecule has 1 aliphatic heterocycles. The lowest BCUT2D eigenvalue weighted by molar-refractivity contribution is -0.0478. The van der Waals surface area contributed by atoms with Gasteiger partial charge >= 0.3 is 0 Å². The van der Waals surface area contributed by atoms with Crippen LogP contribution < -0.4 is 5.32 Å². The molecule has 2 atom stereocenters. The van der Waals surface area contributed by atoms with Crippen molar-refractivity contribution in [2.45, 2.75) is 77.9 Å². The number of nitrogens with zero attached hydrogens (tertiary/aromatic N) is 1. The van der Waals surface area contributed by atoms with Crippen molar-refractivity contribution >= 4 is 0 Å². The number of hydrogen-bond donors (Lipinski definition) is 1. The Morgan fingerprint density at radius 2 is 1.95 bits per heavy atom. The number of nitrogens with one attached hydrogen (secondary N) is 1. The van der Waals surface area contributed by atoms with E-state index in [1.54, 1.807) is 0 Å². The third-order valence-electron chi connectivity index (χ3n) is 4.19. The van der Waals surface area contributed by atoms with Crippen LogP contribution in [0.3, 0.4) is 0 Å². The van der Waals surface area contributed by atoms with Gasteiger partial charge in [-0.15, -0.1) is 0 Å². The van der Waals surface area contributed by atoms with Gasteiger partial charge < -0.3 is 10.1 Å². The van der Waals surface area contributed by atoms with Gasteiger partial charge in [-0.1, -0.05) is 46.5 Å². The van der Waals surface area contributed by atoms with Crippen molar-refractivity contribution in [3.8, 4) is 0 Å². The van der Waals surface area contributed by atoms with Gasteiger partial charge in [-0.05, 0) is 32.4 Å². The van der Waals surface area contributed by atoms with E-state index in [2.05, 4.69) is 31.0 Å². The zero-order valence-corrected chi connectivity index (χ0v) is 14.0. The molecule has 3 heteroatoms. The van der Waals surface area contributed by atoms with Gasteiger partial charge in [-0.2, -0.15) is 0 Å². The minimum Gasteiger partial charge on any atom is -0.374 e. The molecule has 1 N–H and O–H groups in total. The largest absolute Gasteiger partial charge is 0.374 e. The molecule has 0 bridgehead atoms. The monoisotopic (exact) mass is 284 g/mol. The highest BCUT2D eigenvalue weighted by Gasteiger charge is 2.26. The Balaban J connectivity index is 2.39. The summed E-state index contributed by atoms with van der Waals surface area (Å²) in [5, 5.41) is 3.73. The van der Waals surface area contributed by atoms with Crippen molar-refractivity contribution in [2.75, 3.05) is 32.8 Å². The van der Waals surface area contributed by atoms with Crippen LogP contribution in [0.25, 0.3) is 0 Å². The van der Waals surface area contributed by atoms with Crippen molar-refractivity contribution in [1.82, 2.24) is 10.2 Å². The molecule has 0 aromatic carbocycles. The van der Waals surface area contributed by atoms with Gasteiger partial charge in [0, 0.05) is 19.1 Å². The van der Waals surface area contributed by atoms with Crippen molar-refractivity contribution in [3.63, 3.8) is 0 Å². The third kappa shape index (κ3) is 7.05. The summed E-state index contributed by atoms with van der Waals surface area (Å²) < 4.78 is 6.07. The molecule has 1 fully saturated rings. The van der Waals surface area contributed by atoms with E-state index >= 15 is 0 Å². The van der Waals surface area contributed by atoms with E-state index in [-0.39, 0.29) is 0 Å². The third-order valence-corrected chi connectivity index (χ3v) is 4.19. The van der Waals surface area contributed by atoms with E-state index in [9.17, 15) is 0 Å². The summed E-state index contributed by atoms with van der Waals surface area (Å²) in [6.07, 6.45) is 9.50. The predicted molar refractivity (Wildman–Crippen MR) is 87.3 cm³/mol. The first-order chi connectivity index (χ1) is 9.81. The highest BCUT2D eigenvalue weighted by atomic mass is 16.5. The maximum atomic E-state index is 6.07. The summed E-state index contributed by atoms with van der Waals surface area (Å²) in [7, 11) is 0. The van der Waals surface area contributed by atoms with Gasteiger partial charge in [0.2, 0.25) is 0 Å². The average Bonchev–Trinajstić information content (AvgIpc) is 2.47. The average molecular weight is 284 g/mol. The fraction of sp³-hybridized carbons (Fsp3) is 1.00. The normalized spacial score (nSPS) is 22.1. The summed E-state index contributed by atoms with van der Waals surface area (Å²) >= 11 is 0.